The molecule has 1 aromatic heterocycles. The van der Waals surface area contributed by atoms with Crippen LogP contribution in [-0.2, 0) is 0 Å². The van der Waals surface area contributed by atoms with Crippen molar-refractivity contribution in [1.29, 1.82) is 0 Å². The van der Waals surface area contributed by atoms with Gasteiger partial charge in [0.15, 0.2) is 0 Å². The summed E-state index contributed by atoms with van der Waals surface area (Å²) in [5, 5.41) is 2.64. The van der Waals surface area contributed by atoms with Crippen LogP contribution >= 0.6 is 0 Å². The largest absolute Gasteiger partial charge is 0.236 e. The first-order chi connectivity index (χ1) is 10.4. The van der Waals surface area contributed by atoms with E-state index in [1.165, 1.54) is 21.9 Å². The SMILES string of the molecule is Cc1ccc2c(-c3ccc([Si](C)(C)C)c(C)c3)ncnc2c1. The number of benzene rings is 2. The van der Waals surface area contributed by atoms with Gasteiger partial charge in [0.1, 0.15) is 6.33 Å². The van der Waals surface area contributed by atoms with Gasteiger partial charge in [-0.2, -0.15) is 0 Å². The van der Waals surface area contributed by atoms with Crippen molar-refractivity contribution in [3.05, 3.63) is 53.9 Å². The number of fused-ring (bicyclic) bond motifs is 1. The Hall–Kier alpha value is -2.00. The third kappa shape index (κ3) is 2.69. The number of rotatable bonds is 2. The number of hydrogen-bond acceptors (Lipinski definition) is 2. The third-order valence-electron chi connectivity index (χ3n) is 4.10. The van der Waals surface area contributed by atoms with Crippen LogP contribution in [0.4, 0.5) is 0 Å². The van der Waals surface area contributed by atoms with Crippen molar-refractivity contribution in [2.45, 2.75) is 33.5 Å². The smallest absolute Gasteiger partial charge is 0.116 e. The van der Waals surface area contributed by atoms with E-state index in [0.717, 1.165) is 16.6 Å². The normalized spacial score (nSPS) is 11.9. The molecule has 3 aromatic rings. The number of aryl methyl sites for hydroxylation is 2. The molecule has 0 amide bonds. The first kappa shape index (κ1) is 14.9. The van der Waals surface area contributed by atoms with E-state index in [1.54, 1.807) is 6.33 Å². The summed E-state index contributed by atoms with van der Waals surface area (Å²) in [6, 6.07) is 13.1. The van der Waals surface area contributed by atoms with Gasteiger partial charge >= 0.3 is 0 Å². The Labute approximate surface area is 133 Å². The fourth-order valence-corrected chi connectivity index (χ4v) is 4.89. The van der Waals surface area contributed by atoms with Crippen molar-refractivity contribution in [3.8, 4) is 11.3 Å². The molecular formula is C19H22N2Si. The van der Waals surface area contributed by atoms with Gasteiger partial charge in [-0.3, -0.25) is 0 Å². The predicted octanol–water partition coefficient (Wildman–Crippen LogP) is 4.46. The second kappa shape index (κ2) is 5.32. The Morgan fingerprint density at radius 1 is 0.864 bits per heavy atom. The van der Waals surface area contributed by atoms with Crippen molar-refractivity contribution < 1.29 is 0 Å². The lowest BCUT2D eigenvalue weighted by Gasteiger charge is -2.20. The van der Waals surface area contributed by atoms with Crippen LogP contribution < -0.4 is 5.19 Å². The zero-order valence-corrected chi connectivity index (χ0v) is 14.9. The molecule has 0 bridgehead atoms. The van der Waals surface area contributed by atoms with E-state index in [9.17, 15) is 0 Å². The van der Waals surface area contributed by atoms with Gasteiger partial charge in [-0.1, -0.05) is 54.7 Å². The Bertz CT molecular complexity index is 848. The van der Waals surface area contributed by atoms with Crippen LogP contribution in [0.3, 0.4) is 0 Å². The predicted molar refractivity (Wildman–Crippen MR) is 97.4 cm³/mol. The Balaban J connectivity index is 2.18. The van der Waals surface area contributed by atoms with Crippen LogP contribution in [0.25, 0.3) is 22.2 Å². The molecule has 0 radical (unpaired) electrons. The molecule has 0 fully saturated rings. The molecule has 3 rings (SSSR count). The summed E-state index contributed by atoms with van der Waals surface area (Å²) in [5.41, 5.74) is 5.81. The van der Waals surface area contributed by atoms with E-state index in [4.69, 9.17) is 0 Å². The van der Waals surface area contributed by atoms with Crippen molar-refractivity contribution in [2.75, 3.05) is 0 Å². The first-order valence-electron chi connectivity index (χ1n) is 7.69. The molecule has 0 aliphatic carbocycles. The Morgan fingerprint density at radius 2 is 1.64 bits per heavy atom. The minimum absolute atomic E-state index is 1.01. The van der Waals surface area contributed by atoms with Crippen molar-refractivity contribution in [2.24, 2.45) is 0 Å². The average Bonchev–Trinajstić information content (AvgIpc) is 2.44. The fraction of sp³-hybridized carbons (Fsp3) is 0.263. The maximum Gasteiger partial charge on any atom is 0.116 e. The summed E-state index contributed by atoms with van der Waals surface area (Å²) in [6.45, 7) is 11.5. The molecule has 0 N–H and O–H groups in total. The zero-order chi connectivity index (χ0) is 15.9. The van der Waals surface area contributed by atoms with Gasteiger partial charge in [0.05, 0.1) is 19.3 Å². The lowest BCUT2D eigenvalue weighted by molar-refractivity contribution is 1.22. The van der Waals surface area contributed by atoms with E-state index < -0.39 is 8.07 Å². The summed E-state index contributed by atoms with van der Waals surface area (Å²) in [6.07, 6.45) is 1.67. The highest BCUT2D eigenvalue weighted by Gasteiger charge is 2.19. The molecule has 2 nitrogen and oxygen atoms in total. The molecule has 0 aliphatic rings. The molecule has 22 heavy (non-hydrogen) atoms. The molecule has 0 spiro atoms. The Kier molecular flexibility index (Phi) is 3.61. The molecule has 2 aromatic carbocycles. The van der Waals surface area contributed by atoms with Crippen molar-refractivity contribution in [1.82, 2.24) is 9.97 Å². The number of aromatic nitrogens is 2. The van der Waals surface area contributed by atoms with Crippen LogP contribution in [0.2, 0.25) is 19.6 Å². The minimum atomic E-state index is -1.30. The fourth-order valence-electron chi connectivity index (χ4n) is 3.05. The van der Waals surface area contributed by atoms with Gasteiger partial charge in [0.2, 0.25) is 0 Å². The van der Waals surface area contributed by atoms with Crippen LogP contribution in [-0.4, -0.2) is 18.0 Å². The van der Waals surface area contributed by atoms with Crippen LogP contribution in [0.15, 0.2) is 42.7 Å². The second-order valence-corrected chi connectivity index (χ2v) is 12.1. The van der Waals surface area contributed by atoms with Gasteiger partial charge in [-0.25, -0.2) is 9.97 Å². The highest BCUT2D eigenvalue weighted by molar-refractivity contribution is 6.89. The maximum atomic E-state index is 4.54. The second-order valence-electron chi connectivity index (χ2n) is 7.02. The van der Waals surface area contributed by atoms with Gasteiger partial charge < -0.3 is 0 Å². The summed E-state index contributed by atoms with van der Waals surface area (Å²) < 4.78 is 0. The van der Waals surface area contributed by atoms with Gasteiger partial charge in [0, 0.05) is 10.9 Å². The topological polar surface area (TPSA) is 25.8 Å². The molecule has 112 valence electrons. The number of hydrogen-bond donors (Lipinski definition) is 0. The van der Waals surface area contributed by atoms with E-state index in [-0.39, 0.29) is 0 Å². The van der Waals surface area contributed by atoms with Gasteiger partial charge in [-0.05, 0) is 31.5 Å². The first-order valence-corrected chi connectivity index (χ1v) is 11.2. The molecule has 1 heterocycles. The van der Waals surface area contributed by atoms with E-state index in [0.29, 0.717) is 0 Å². The van der Waals surface area contributed by atoms with Gasteiger partial charge in [-0.15, -0.1) is 0 Å². The van der Waals surface area contributed by atoms with E-state index >= 15 is 0 Å². The lowest BCUT2D eigenvalue weighted by Crippen LogP contribution is -2.39. The Morgan fingerprint density at radius 3 is 2.32 bits per heavy atom. The lowest BCUT2D eigenvalue weighted by atomic mass is 10.0. The van der Waals surface area contributed by atoms with Crippen LogP contribution in [0.5, 0.6) is 0 Å². The van der Waals surface area contributed by atoms with Crippen molar-refractivity contribution >= 4 is 24.2 Å². The molecule has 0 saturated heterocycles. The van der Waals surface area contributed by atoms with Crippen LogP contribution in [0.1, 0.15) is 11.1 Å². The molecule has 0 atom stereocenters. The zero-order valence-electron chi connectivity index (χ0n) is 13.9. The van der Waals surface area contributed by atoms with Crippen LogP contribution in [0, 0.1) is 13.8 Å². The number of nitrogens with zero attached hydrogens (tertiary/aromatic N) is 2. The molecule has 0 unspecified atom stereocenters. The highest BCUT2D eigenvalue weighted by atomic mass is 28.3. The molecule has 3 heteroatoms. The maximum absolute atomic E-state index is 4.54. The highest BCUT2D eigenvalue weighted by Crippen LogP contribution is 2.26. The molecule has 0 saturated carbocycles. The average molecular weight is 306 g/mol. The van der Waals surface area contributed by atoms with Crippen molar-refractivity contribution in [3.63, 3.8) is 0 Å². The molecule has 0 aliphatic heterocycles. The van der Waals surface area contributed by atoms with E-state index in [2.05, 4.69) is 79.9 Å². The summed E-state index contributed by atoms with van der Waals surface area (Å²) >= 11 is 0. The third-order valence-corrected chi connectivity index (χ3v) is 6.28. The van der Waals surface area contributed by atoms with Gasteiger partial charge in [0.25, 0.3) is 0 Å². The minimum Gasteiger partial charge on any atom is -0.236 e. The van der Waals surface area contributed by atoms with E-state index in [1.807, 2.05) is 0 Å². The summed E-state index contributed by atoms with van der Waals surface area (Å²) in [7, 11) is -1.30. The standard InChI is InChI=1S/C19H22N2Si/c1-13-6-8-16-17(10-13)20-12-21-19(16)15-7-9-18(14(2)11-15)22(3,4)5/h6-12H,1-5H3. The molecular weight excluding hydrogens is 284 g/mol. The summed E-state index contributed by atoms with van der Waals surface area (Å²) in [4.78, 5) is 8.94. The quantitative estimate of drug-likeness (QED) is 0.653. The monoisotopic (exact) mass is 306 g/mol. The summed E-state index contributed by atoms with van der Waals surface area (Å²) in [5.74, 6) is 0.